The molecule has 0 fully saturated rings. The van der Waals surface area contributed by atoms with Crippen LogP contribution in [0.1, 0.15) is 5.56 Å². The molecule has 0 heterocycles. The standard InChI is InChI=1S/C8H9NO4/c9-7(12)3-4-1-5(10)8(13)6(11)2-4/h1-2,10-11,13H,3H2,(H2,9,12). The van der Waals surface area contributed by atoms with Crippen molar-refractivity contribution in [2.45, 2.75) is 6.42 Å². The number of benzene rings is 1. The Morgan fingerprint density at radius 1 is 1.23 bits per heavy atom. The third kappa shape index (κ3) is 2.02. The van der Waals surface area contributed by atoms with Crippen LogP contribution in [0, 0.1) is 0 Å². The molecule has 13 heavy (non-hydrogen) atoms. The largest absolute Gasteiger partial charge is 0.504 e. The molecule has 0 saturated heterocycles. The predicted octanol–water partition coefficient (Wildman–Crippen LogP) is -0.169. The Kier molecular flexibility index (Phi) is 2.27. The number of amides is 1. The quantitative estimate of drug-likeness (QED) is 0.478. The van der Waals surface area contributed by atoms with E-state index in [4.69, 9.17) is 21.1 Å². The van der Waals surface area contributed by atoms with Gasteiger partial charge < -0.3 is 21.1 Å². The van der Waals surface area contributed by atoms with Crippen LogP contribution < -0.4 is 5.73 Å². The molecule has 0 atom stereocenters. The van der Waals surface area contributed by atoms with E-state index in [1.54, 1.807) is 0 Å². The van der Waals surface area contributed by atoms with Crippen LogP contribution in [0.15, 0.2) is 12.1 Å². The molecule has 0 aliphatic heterocycles. The van der Waals surface area contributed by atoms with Gasteiger partial charge in [0.05, 0.1) is 6.42 Å². The van der Waals surface area contributed by atoms with Crippen molar-refractivity contribution < 1.29 is 20.1 Å². The van der Waals surface area contributed by atoms with Crippen molar-refractivity contribution in [3.63, 3.8) is 0 Å². The maximum Gasteiger partial charge on any atom is 0.221 e. The molecule has 0 radical (unpaired) electrons. The molecular formula is C8H9NO4. The topological polar surface area (TPSA) is 104 Å². The van der Waals surface area contributed by atoms with Crippen LogP contribution in [0.2, 0.25) is 0 Å². The lowest BCUT2D eigenvalue weighted by Gasteiger charge is -2.03. The number of carbonyl (C=O) groups excluding carboxylic acids is 1. The molecule has 1 aromatic carbocycles. The molecule has 0 aliphatic rings. The maximum absolute atomic E-state index is 10.5. The second kappa shape index (κ2) is 3.22. The molecule has 0 aliphatic carbocycles. The number of hydrogen-bond acceptors (Lipinski definition) is 4. The number of aromatic hydroxyl groups is 3. The van der Waals surface area contributed by atoms with Crippen molar-refractivity contribution in [1.29, 1.82) is 0 Å². The van der Waals surface area contributed by atoms with E-state index < -0.39 is 23.2 Å². The van der Waals surface area contributed by atoms with E-state index in [-0.39, 0.29) is 6.42 Å². The van der Waals surface area contributed by atoms with Crippen molar-refractivity contribution in [2.75, 3.05) is 0 Å². The van der Waals surface area contributed by atoms with E-state index >= 15 is 0 Å². The van der Waals surface area contributed by atoms with Crippen LogP contribution in [0.25, 0.3) is 0 Å². The first-order valence-electron chi connectivity index (χ1n) is 3.53. The van der Waals surface area contributed by atoms with E-state index in [1.807, 2.05) is 0 Å². The zero-order valence-corrected chi connectivity index (χ0v) is 6.69. The summed E-state index contributed by atoms with van der Waals surface area (Å²) in [7, 11) is 0. The van der Waals surface area contributed by atoms with Gasteiger partial charge in [-0.05, 0) is 17.7 Å². The highest BCUT2D eigenvalue weighted by atomic mass is 16.3. The molecule has 0 bridgehead atoms. The number of hydrogen-bond donors (Lipinski definition) is 4. The van der Waals surface area contributed by atoms with Crippen LogP contribution in [0.5, 0.6) is 17.2 Å². The van der Waals surface area contributed by atoms with E-state index in [0.29, 0.717) is 5.56 Å². The average molecular weight is 183 g/mol. The number of rotatable bonds is 2. The second-order valence-corrected chi connectivity index (χ2v) is 2.63. The number of nitrogens with two attached hydrogens (primary N) is 1. The molecule has 5 nitrogen and oxygen atoms in total. The van der Waals surface area contributed by atoms with Crippen molar-refractivity contribution in [1.82, 2.24) is 0 Å². The van der Waals surface area contributed by atoms with Crippen molar-refractivity contribution in [3.8, 4) is 17.2 Å². The monoisotopic (exact) mass is 183 g/mol. The molecule has 5 N–H and O–H groups in total. The van der Waals surface area contributed by atoms with Crippen molar-refractivity contribution >= 4 is 5.91 Å². The number of carbonyl (C=O) groups is 1. The third-order valence-corrected chi connectivity index (χ3v) is 1.51. The molecule has 70 valence electrons. The van der Waals surface area contributed by atoms with Gasteiger partial charge in [-0.1, -0.05) is 0 Å². The van der Waals surface area contributed by atoms with Gasteiger partial charge in [0.25, 0.3) is 0 Å². The van der Waals surface area contributed by atoms with Crippen molar-refractivity contribution in [3.05, 3.63) is 17.7 Å². The molecule has 5 heteroatoms. The summed E-state index contributed by atoms with van der Waals surface area (Å²) >= 11 is 0. The van der Waals surface area contributed by atoms with Gasteiger partial charge in [-0.25, -0.2) is 0 Å². The Morgan fingerprint density at radius 2 is 1.69 bits per heavy atom. The highest BCUT2D eigenvalue weighted by Crippen LogP contribution is 2.35. The average Bonchev–Trinajstić information content (AvgIpc) is 1.98. The summed E-state index contributed by atoms with van der Waals surface area (Å²) in [4.78, 5) is 10.5. The van der Waals surface area contributed by atoms with Gasteiger partial charge in [0.2, 0.25) is 5.91 Å². The normalized spacial score (nSPS) is 9.85. The molecular weight excluding hydrogens is 174 g/mol. The van der Waals surface area contributed by atoms with Gasteiger partial charge in [0.15, 0.2) is 17.2 Å². The molecule has 1 rings (SSSR count). The minimum Gasteiger partial charge on any atom is -0.504 e. The zero-order valence-electron chi connectivity index (χ0n) is 6.69. The first-order chi connectivity index (χ1) is 6.00. The fourth-order valence-electron chi connectivity index (χ4n) is 0.964. The van der Waals surface area contributed by atoms with Gasteiger partial charge in [0, 0.05) is 0 Å². The Bertz CT molecular complexity index is 325. The first kappa shape index (κ1) is 9.18. The SMILES string of the molecule is NC(=O)Cc1cc(O)c(O)c(O)c1. The van der Waals surface area contributed by atoms with Crippen LogP contribution in [-0.2, 0) is 11.2 Å². The molecule has 1 amide bonds. The minimum atomic E-state index is -0.603. The summed E-state index contributed by atoms with van der Waals surface area (Å²) in [6.45, 7) is 0. The van der Waals surface area contributed by atoms with Crippen LogP contribution in [0.4, 0.5) is 0 Å². The summed E-state index contributed by atoms with van der Waals surface area (Å²) in [5.41, 5.74) is 5.25. The summed E-state index contributed by atoms with van der Waals surface area (Å²) < 4.78 is 0. The summed E-state index contributed by atoms with van der Waals surface area (Å²) in [6, 6.07) is 2.33. The minimum absolute atomic E-state index is 0.0958. The maximum atomic E-state index is 10.5. The lowest BCUT2D eigenvalue weighted by Crippen LogP contribution is -2.13. The molecule has 0 aromatic heterocycles. The zero-order chi connectivity index (χ0) is 10.0. The van der Waals surface area contributed by atoms with Crippen molar-refractivity contribution in [2.24, 2.45) is 5.73 Å². The molecule has 0 spiro atoms. The highest BCUT2D eigenvalue weighted by molar-refractivity contribution is 5.77. The summed E-state index contributed by atoms with van der Waals surface area (Å²) in [5.74, 6) is -2.13. The van der Waals surface area contributed by atoms with E-state index in [2.05, 4.69) is 0 Å². The number of phenolic OH excluding ortho intramolecular Hbond substituents is 3. The van der Waals surface area contributed by atoms with Gasteiger partial charge in [-0.3, -0.25) is 4.79 Å². The van der Waals surface area contributed by atoms with Gasteiger partial charge in [0.1, 0.15) is 0 Å². The summed E-state index contributed by atoms with van der Waals surface area (Å²) in [5, 5.41) is 27.0. The lowest BCUT2D eigenvalue weighted by molar-refractivity contribution is -0.117. The molecule has 0 unspecified atom stereocenters. The van der Waals surface area contributed by atoms with Gasteiger partial charge in [-0.15, -0.1) is 0 Å². The van der Waals surface area contributed by atoms with E-state index in [0.717, 1.165) is 0 Å². The van der Waals surface area contributed by atoms with Gasteiger partial charge >= 0.3 is 0 Å². The molecule has 1 aromatic rings. The Labute approximate surface area is 74.0 Å². The number of primary amides is 1. The van der Waals surface area contributed by atoms with E-state index in [1.165, 1.54) is 12.1 Å². The first-order valence-corrected chi connectivity index (χ1v) is 3.53. The van der Waals surface area contributed by atoms with Crippen LogP contribution in [-0.4, -0.2) is 21.2 Å². The lowest BCUT2D eigenvalue weighted by atomic mass is 10.1. The predicted molar refractivity (Wildman–Crippen MR) is 44.3 cm³/mol. The smallest absolute Gasteiger partial charge is 0.221 e. The Hall–Kier alpha value is -1.91. The second-order valence-electron chi connectivity index (χ2n) is 2.63. The summed E-state index contributed by atoms with van der Waals surface area (Å²) in [6.07, 6.45) is -0.0958. The van der Waals surface area contributed by atoms with Crippen LogP contribution >= 0.6 is 0 Å². The van der Waals surface area contributed by atoms with E-state index in [9.17, 15) is 4.79 Å². The highest BCUT2D eigenvalue weighted by Gasteiger charge is 2.08. The van der Waals surface area contributed by atoms with Crippen LogP contribution in [0.3, 0.4) is 0 Å². The fraction of sp³-hybridized carbons (Fsp3) is 0.125. The fourth-order valence-corrected chi connectivity index (χ4v) is 0.964. The third-order valence-electron chi connectivity index (χ3n) is 1.51. The van der Waals surface area contributed by atoms with Gasteiger partial charge in [-0.2, -0.15) is 0 Å². The number of phenols is 3. The molecule has 0 saturated carbocycles. The Balaban J connectivity index is 3.06. The Morgan fingerprint density at radius 3 is 2.08 bits per heavy atom.